The number of nitrogens with zero attached hydrogens (tertiary/aromatic N) is 3. The average molecular weight is 371 g/mol. The molecule has 1 aromatic rings. The third-order valence-corrected chi connectivity index (χ3v) is 5.91. The van der Waals surface area contributed by atoms with Gasteiger partial charge in [-0.05, 0) is 38.0 Å². The molecule has 8 heteroatoms. The van der Waals surface area contributed by atoms with Crippen LogP contribution in [0.15, 0.2) is 12.1 Å². The molecule has 3 aliphatic heterocycles. The Morgan fingerprint density at radius 3 is 2.70 bits per heavy atom. The van der Waals surface area contributed by atoms with Gasteiger partial charge >= 0.3 is 0 Å². The predicted octanol–water partition coefficient (Wildman–Crippen LogP) is 1.46. The van der Waals surface area contributed by atoms with Crippen LogP contribution in [0.1, 0.15) is 31.9 Å². The smallest absolute Gasteiger partial charge is 0.246 e. The van der Waals surface area contributed by atoms with Crippen LogP contribution in [0.3, 0.4) is 0 Å². The Morgan fingerprint density at radius 1 is 1.30 bits per heavy atom. The standard InChI is InChI=1S/C19H21N3O5/c1-10-17(23)22-12(18(24)21(10)3)7-19(2,8-20)16(22)11-5-13(25-4)15-14(6-11)26-9-27-15/h5-6,10,12,16H,7,9H2,1-4H3/t10-,12+,16+,19-/m1/s1. The van der Waals surface area contributed by atoms with E-state index in [0.29, 0.717) is 22.8 Å². The highest BCUT2D eigenvalue weighted by Gasteiger charge is 2.59. The number of rotatable bonds is 2. The quantitative estimate of drug-likeness (QED) is 0.781. The summed E-state index contributed by atoms with van der Waals surface area (Å²) in [5.74, 6) is 1.18. The van der Waals surface area contributed by atoms with E-state index in [2.05, 4.69) is 6.07 Å². The van der Waals surface area contributed by atoms with Crippen LogP contribution in [0.2, 0.25) is 0 Å². The van der Waals surface area contributed by atoms with Gasteiger partial charge in [0, 0.05) is 7.05 Å². The van der Waals surface area contributed by atoms with Gasteiger partial charge in [0.2, 0.25) is 24.4 Å². The number of carbonyl (C=O) groups is 2. The van der Waals surface area contributed by atoms with Crippen LogP contribution in [-0.2, 0) is 9.59 Å². The molecule has 0 aromatic heterocycles. The molecule has 4 rings (SSSR count). The minimum Gasteiger partial charge on any atom is -0.493 e. The van der Waals surface area contributed by atoms with Crippen molar-refractivity contribution in [2.75, 3.05) is 21.0 Å². The van der Waals surface area contributed by atoms with Crippen molar-refractivity contribution in [2.24, 2.45) is 5.41 Å². The van der Waals surface area contributed by atoms with Gasteiger partial charge in [-0.15, -0.1) is 0 Å². The fraction of sp³-hybridized carbons (Fsp3) is 0.526. The highest BCUT2D eigenvalue weighted by atomic mass is 16.7. The van der Waals surface area contributed by atoms with E-state index in [9.17, 15) is 14.9 Å². The van der Waals surface area contributed by atoms with E-state index in [-0.39, 0.29) is 25.0 Å². The normalized spacial score (nSPS) is 31.7. The molecule has 27 heavy (non-hydrogen) atoms. The molecule has 0 unspecified atom stereocenters. The number of piperazine rings is 1. The Morgan fingerprint density at radius 2 is 2.04 bits per heavy atom. The molecule has 2 saturated heterocycles. The lowest BCUT2D eigenvalue weighted by molar-refractivity contribution is -0.159. The Kier molecular flexibility index (Phi) is 3.74. The van der Waals surface area contributed by atoms with Crippen molar-refractivity contribution in [2.45, 2.75) is 38.4 Å². The second kappa shape index (κ2) is 5.78. The predicted molar refractivity (Wildman–Crippen MR) is 93.1 cm³/mol. The second-order valence-electron chi connectivity index (χ2n) is 7.48. The third kappa shape index (κ3) is 2.27. The van der Waals surface area contributed by atoms with Crippen molar-refractivity contribution < 1.29 is 23.8 Å². The fourth-order valence-electron chi connectivity index (χ4n) is 4.34. The van der Waals surface area contributed by atoms with Gasteiger partial charge in [0.15, 0.2) is 11.5 Å². The summed E-state index contributed by atoms with van der Waals surface area (Å²) in [6.07, 6.45) is 0.284. The maximum atomic E-state index is 13.1. The molecule has 0 aliphatic carbocycles. The molecular weight excluding hydrogens is 350 g/mol. The van der Waals surface area contributed by atoms with Crippen molar-refractivity contribution in [1.29, 1.82) is 5.26 Å². The molecular formula is C19H21N3O5. The van der Waals surface area contributed by atoms with Crippen LogP contribution in [0.25, 0.3) is 0 Å². The van der Waals surface area contributed by atoms with E-state index in [1.165, 1.54) is 12.0 Å². The molecule has 3 aliphatic rings. The van der Waals surface area contributed by atoms with Crippen molar-refractivity contribution in [3.05, 3.63) is 17.7 Å². The number of hydrogen-bond donors (Lipinski definition) is 0. The maximum absolute atomic E-state index is 13.1. The number of carbonyl (C=O) groups excluding carboxylic acids is 2. The number of amides is 2. The fourth-order valence-corrected chi connectivity index (χ4v) is 4.34. The number of ether oxygens (including phenoxy) is 3. The number of nitriles is 1. The van der Waals surface area contributed by atoms with Crippen LogP contribution in [0.4, 0.5) is 0 Å². The average Bonchev–Trinajstić information content (AvgIpc) is 3.26. The number of fused-ring (bicyclic) bond motifs is 2. The molecule has 142 valence electrons. The highest BCUT2D eigenvalue weighted by molar-refractivity contribution is 5.97. The van der Waals surface area contributed by atoms with E-state index in [1.54, 1.807) is 37.9 Å². The summed E-state index contributed by atoms with van der Waals surface area (Å²) in [5.41, 5.74) is -0.222. The second-order valence-corrected chi connectivity index (χ2v) is 7.48. The molecule has 0 radical (unpaired) electrons. The summed E-state index contributed by atoms with van der Waals surface area (Å²) in [5, 5.41) is 9.93. The first-order valence-corrected chi connectivity index (χ1v) is 8.80. The SMILES string of the molecule is COc1cc([C@@H]2N3C(=O)[C@@H](C)N(C)C(=O)[C@@H]3C[C@]2(C)C#N)cc2c1OCO2. The first kappa shape index (κ1) is 17.5. The van der Waals surface area contributed by atoms with Gasteiger partial charge in [-0.25, -0.2) is 0 Å². The molecule has 0 bridgehead atoms. The Bertz CT molecular complexity index is 879. The largest absolute Gasteiger partial charge is 0.493 e. The molecule has 0 spiro atoms. The lowest BCUT2D eigenvalue weighted by Gasteiger charge is -2.42. The zero-order valence-corrected chi connectivity index (χ0v) is 15.7. The summed E-state index contributed by atoms with van der Waals surface area (Å²) < 4.78 is 16.4. The number of hydrogen-bond acceptors (Lipinski definition) is 6. The maximum Gasteiger partial charge on any atom is 0.246 e. The molecule has 3 heterocycles. The number of methoxy groups -OCH3 is 1. The van der Waals surface area contributed by atoms with E-state index < -0.39 is 23.5 Å². The third-order valence-electron chi connectivity index (χ3n) is 5.91. The van der Waals surface area contributed by atoms with E-state index in [0.717, 1.165) is 0 Å². The highest BCUT2D eigenvalue weighted by Crippen LogP contribution is 2.54. The van der Waals surface area contributed by atoms with Gasteiger partial charge in [0.25, 0.3) is 0 Å². The summed E-state index contributed by atoms with van der Waals surface area (Å²) in [4.78, 5) is 28.9. The monoisotopic (exact) mass is 371 g/mol. The Hall–Kier alpha value is -2.95. The lowest BCUT2D eigenvalue weighted by Crippen LogP contribution is -2.60. The van der Waals surface area contributed by atoms with Crippen molar-refractivity contribution in [1.82, 2.24) is 9.80 Å². The molecule has 2 fully saturated rings. The summed E-state index contributed by atoms with van der Waals surface area (Å²) >= 11 is 0. The topological polar surface area (TPSA) is 92.1 Å². The van der Waals surface area contributed by atoms with Crippen LogP contribution in [0, 0.1) is 16.7 Å². The summed E-state index contributed by atoms with van der Waals surface area (Å²) in [6, 6.07) is 4.07. The van der Waals surface area contributed by atoms with Gasteiger partial charge < -0.3 is 24.0 Å². The first-order chi connectivity index (χ1) is 12.8. The van der Waals surface area contributed by atoms with E-state index in [1.807, 2.05) is 0 Å². The van der Waals surface area contributed by atoms with Gasteiger partial charge in [-0.3, -0.25) is 9.59 Å². The number of likely N-dealkylation sites (N-methyl/N-ethyl adjacent to an activating group) is 1. The molecule has 0 N–H and O–H groups in total. The van der Waals surface area contributed by atoms with Gasteiger partial charge in [-0.2, -0.15) is 5.26 Å². The summed E-state index contributed by atoms with van der Waals surface area (Å²) in [6.45, 7) is 3.58. The van der Waals surface area contributed by atoms with E-state index in [4.69, 9.17) is 14.2 Å². The van der Waals surface area contributed by atoms with Crippen LogP contribution < -0.4 is 14.2 Å². The van der Waals surface area contributed by atoms with Crippen LogP contribution in [-0.4, -0.2) is 54.6 Å². The van der Waals surface area contributed by atoms with Gasteiger partial charge in [0.1, 0.15) is 12.1 Å². The first-order valence-electron chi connectivity index (χ1n) is 8.80. The molecule has 2 amide bonds. The minimum atomic E-state index is -0.917. The summed E-state index contributed by atoms with van der Waals surface area (Å²) in [7, 11) is 3.15. The number of benzene rings is 1. The minimum absolute atomic E-state index is 0.0842. The van der Waals surface area contributed by atoms with Gasteiger partial charge in [0.05, 0.1) is 24.6 Å². The van der Waals surface area contributed by atoms with Crippen LogP contribution >= 0.6 is 0 Å². The lowest BCUT2D eigenvalue weighted by atomic mass is 9.79. The molecule has 8 nitrogen and oxygen atoms in total. The molecule has 1 aromatic carbocycles. The zero-order valence-electron chi connectivity index (χ0n) is 15.7. The van der Waals surface area contributed by atoms with E-state index >= 15 is 0 Å². The zero-order chi connectivity index (χ0) is 19.5. The molecule has 4 atom stereocenters. The van der Waals surface area contributed by atoms with Crippen molar-refractivity contribution >= 4 is 11.8 Å². The van der Waals surface area contributed by atoms with Crippen molar-refractivity contribution in [3.8, 4) is 23.3 Å². The van der Waals surface area contributed by atoms with Gasteiger partial charge in [-0.1, -0.05) is 0 Å². The van der Waals surface area contributed by atoms with Crippen LogP contribution in [0.5, 0.6) is 17.2 Å². The Balaban J connectivity index is 1.87. The Labute approximate surface area is 157 Å². The van der Waals surface area contributed by atoms with Crippen molar-refractivity contribution in [3.63, 3.8) is 0 Å². The molecule has 0 saturated carbocycles.